The van der Waals surface area contributed by atoms with Gasteiger partial charge < -0.3 is 19.1 Å². The summed E-state index contributed by atoms with van der Waals surface area (Å²) < 4.78 is 17.1. The van der Waals surface area contributed by atoms with E-state index in [1.165, 1.54) is 5.56 Å². The largest absolute Gasteiger partial charge is 0.438 e. The minimum atomic E-state index is -0.567. The molecule has 1 amide bonds. The van der Waals surface area contributed by atoms with Gasteiger partial charge in [-0.1, -0.05) is 24.3 Å². The van der Waals surface area contributed by atoms with Gasteiger partial charge in [0.25, 0.3) is 0 Å². The van der Waals surface area contributed by atoms with Gasteiger partial charge in [0.1, 0.15) is 5.60 Å². The van der Waals surface area contributed by atoms with Gasteiger partial charge in [0.05, 0.1) is 13.2 Å². The van der Waals surface area contributed by atoms with Crippen LogP contribution in [0.1, 0.15) is 44.7 Å². The van der Waals surface area contributed by atoms with E-state index in [2.05, 4.69) is 12.1 Å². The van der Waals surface area contributed by atoms with Crippen molar-refractivity contribution in [1.29, 1.82) is 0 Å². The van der Waals surface area contributed by atoms with E-state index in [4.69, 9.17) is 14.2 Å². The molecule has 5 heteroatoms. The fourth-order valence-corrected chi connectivity index (χ4v) is 3.21. The standard InChI is InChI=1S/C19H27NO4/c1-18(2,3)20(4)17(21)24-19(10-9-16-22-11-12-23-16)13-14-7-5-6-8-15(14)19/h5-8,16H,9-13H2,1-4H3. The monoisotopic (exact) mass is 333 g/mol. The molecule has 1 aliphatic heterocycles. The highest BCUT2D eigenvalue weighted by Crippen LogP contribution is 2.46. The van der Waals surface area contributed by atoms with Gasteiger partial charge in [0, 0.05) is 25.4 Å². The zero-order valence-electron chi connectivity index (χ0n) is 15.0. The first-order chi connectivity index (χ1) is 11.3. The van der Waals surface area contributed by atoms with E-state index in [9.17, 15) is 4.79 Å². The smallest absolute Gasteiger partial charge is 0.410 e. The number of nitrogens with zero attached hydrogens (tertiary/aromatic N) is 1. The molecule has 0 N–H and O–H groups in total. The van der Waals surface area contributed by atoms with Crippen LogP contribution in [0.3, 0.4) is 0 Å². The number of benzene rings is 1. The van der Waals surface area contributed by atoms with Crippen LogP contribution in [0.15, 0.2) is 24.3 Å². The molecule has 1 aromatic carbocycles. The van der Waals surface area contributed by atoms with Gasteiger partial charge >= 0.3 is 6.09 Å². The van der Waals surface area contributed by atoms with E-state index in [-0.39, 0.29) is 17.9 Å². The molecule has 1 fully saturated rings. The SMILES string of the molecule is CN(C(=O)OC1(CCC2OCCO2)Cc2ccccc21)C(C)(C)C. The molecule has 0 saturated carbocycles. The summed E-state index contributed by atoms with van der Waals surface area (Å²) >= 11 is 0. The number of hydrogen-bond acceptors (Lipinski definition) is 4. The van der Waals surface area contributed by atoms with Crippen molar-refractivity contribution in [2.24, 2.45) is 0 Å². The average Bonchev–Trinajstić information content (AvgIpc) is 3.02. The number of fused-ring (bicyclic) bond motifs is 1. The summed E-state index contributed by atoms with van der Waals surface area (Å²) in [5.74, 6) is 0. The number of carbonyl (C=O) groups is 1. The van der Waals surface area contributed by atoms with E-state index < -0.39 is 5.60 Å². The second-order valence-electron chi connectivity index (χ2n) is 7.64. The fraction of sp³-hybridized carbons (Fsp3) is 0.632. The van der Waals surface area contributed by atoms with E-state index in [0.29, 0.717) is 19.6 Å². The van der Waals surface area contributed by atoms with Gasteiger partial charge in [0.15, 0.2) is 6.29 Å². The lowest BCUT2D eigenvalue weighted by molar-refractivity contribution is -0.0844. The van der Waals surface area contributed by atoms with Crippen molar-refractivity contribution in [3.05, 3.63) is 35.4 Å². The van der Waals surface area contributed by atoms with E-state index in [1.807, 2.05) is 32.9 Å². The molecule has 3 rings (SSSR count). The molecule has 0 spiro atoms. The summed E-state index contributed by atoms with van der Waals surface area (Å²) in [5.41, 5.74) is 1.51. The Hall–Kier alpha value is -1.59. The molecule has 1 heterocycles. The molecule has 5 nitrogen and oxygen atoms in total. The zero-order chi connectivity index (χ0) is 17.4. The van der Waals surface area contributed by atoms with Gasteiger partial charge in [-0.25, -0.2) is 4.79 Å². The minimum Gasteiger partial charge on any atom is -0.438 e. The molecule has 0 aromatic heterocycles. The molecule has 132 valence electrons. The maximum atomic E-state index is 12.6. The lowest BCUT2D eigenvalue weighted by atomic mass is 9.70. The van der Waals surface area contributed by atoms with Crippen molar-refractivity contribution in [2.75, 3.05) is 20.3 Å². The van der Waals surface area contributed by atoms with Crippen LogP contribution in [0.4, 0.5) is 4.79 Å². The van der Waals surface area contributed by atoms with Crippen LogP contribution < -0.4 is 0 Å². The Labute approximate surface area is 143 Å². The van der Waals surface area contributed by atoms with Crippen LogP contribution in [0.2, 0.25) is 0 Å². The second-order valence-corrected chi connectivity index (χ2v) is 7.64. The van der Waals surface area contributed by atoms with Crippen LogP contribution in [0, 0.1) is 0 Å². The number of rotatable bonds is 4. The number of carbonyl (C=O) groups excluding carboxylic acids is 1. The quantitative estimate of drug-likeness (QED) is 0.847. The molecule has 1 aliphatic carbocycles. The summed E-state index contributed by atoms with van der Waals surface area (Å²) in [5, 5.41) is 0. The van der Waals surface area contributed by atoms with Gasteiger partial charge in [-0.15, -0.1) is 0 Å². The predicted octanol–water partition coefficient (Wildman–Crippen LogP) is 3.46. The van der Waals surface area contributed by atoms with Crippen molar-refractivity contribution < 1.29 is 19.0 Å². The van der Waals surface area contributed by atoms with Crippen LogP contribution >= 0.6 is 0 Å². The van der Waals surface area contributed by atoms with Crippen LogP contribution in [0.25, 0.3) is 0 Å². The van der Waals surface area contributed by atoms with E-state index in [1.54, 1.807) is 11.9 Å². The molecule has 1 aromatic rings. The maximum absolute atomic E-state index is 12.6. The third-order valence-electron chi connectivity index (χ3n) is 5.02. The fourth-order valence-electron chi connectivity index (χ4n) is 3.21. The van der Waals surface area contributed by atoms with Crippen molar-refractivity contribution >= 4 is 6.09 Å². The molecule has 1 atom stereocenters. The molecule has 0 radical (unpaired) electrons. The Morgan fingerprint density at radius 1 is 1.29 bits per heavy atom. The molecule has 0 bridgehead atoms. The Balaban J connectivity index is 1.75. The average molecular weight is 333 g/mol. The normalized spacial score (nSPS) is 23.5. The molecule has 2 aliphatic rings. The van der Waals surface area contributed by atoms with Crippen molar-refractivity contribution in [2.45, 2.75) is 57.5 Å². The van der Waals surface area contributed by atoms with Gasteiger partial charge in [-0.3, -0.25) is 0 Å². The third kappa shape index (κ3) is 3.28. The highest BCUT2D eigenvalue weighted by atomic mass is 16.7. The van der Waals surface area contributed by atoms with Crippen molar-refractivity contribution in [1.82, 2.24) is 4.90 Å². The van der Waals surface area contributed by atoms with Crippen LogP contribution in [-0.4, -0.2) is 43.1 Å². The van der Waals surface area contributed by atoms with Crippen LogP contribution in [0.5, 0.6) is 0 Å². The maximum Gasteiger partial charge on any atom is 0.410 e. The summed E-state index contributed by atoms with van der Waals surface area (Å²) in [6.07, 6.45) is 1.71. The Kier molecular flexibility index (Phi) is 4.58. The highest BCUT2D eigenvalue weighted by Gasteiger charge is 2.47. The molecule has 1 unspecified atom stereocenters. The predicted molar refractivity (Wildman–Crippen MR) is 90.7 cm³/mol. The first kappa shape index (κ1) is 17.2. The third-order valence-corrected chi connectivity index (χ3v) is 5.02. The van der Waals surface area contributed by atoms with E-state index >= 15 is 0 Å². The van der Waals surface area contributed by atoms with Gasteiger partial charge in [-0.2, -0.15) is 0 Å². The summed E-state index contributed by atoms with van der Waals surface area (Å²) in [7, 11) is 1.78. The first-order valence-corrected chi connectivity index (χ1v) is 8.60. The van der Waals surface area contributed by atoms with Crippen molar-refractivity contribution in [3.63, 3.8) is 0 Å². The van der Waals surface area contributed by atoms with Gasteiger partial charge in [-0.05, 0) is 38.3 Å². The summed E-state index contributed by atoms with van der Waals surface area (Å²) in [6.45, 7) is 7.27. The Morgan fingerprint density at radius 2 is 1.96 bits per heavy atom. The molecule has 24 heavy (non-hydrogen) atoms. The van der Waals surface area contributed by atoms with E-state index in [0.717, 1.165) is 18.4 Å². The van der Waals surface area contributed by atoms with Crippen molar-refractivity contribution in [3.8, 4) is 0 Å². The Bertz CT molecular complexity index is 604. The lowest BCUT2D eigenvalue weighted by Gasteiger charge is -2.45. The summed E-state index contributed by atoms with van der Waals surface area (Å²) in [6, 6.07) is 8.17. The minimum absolute atomic E-state index is 0.186. The van der Waals surface area contributed by atoms with Gasteiger partial charge in [0.2, 0.25) is 0 Å². The first-order valence-electron chi connectivity index (χ1n) is 8.60. The number of ether oxygens (including phenoxy) is 3. The Morgan fingerprint density at radius 3 is 2.58 bits per heavy atom. The lowest BCUT2D eigenvalue weighted by Crippen LogP contribution is -2.50. The molecular weight excluding hydrogens is 306 g/mol. The molecular formula is C19H27NO4. The summed E-state index contributed by atoms with van der Waals surface area (Å²) in [4.78, 5) is 14.3. The number of hydrogen-bond donors (Lipinski definition) is 0. The second kappa shape index (κ2) is 6.37. The van der Waals surface area contributed by atoms with Crippen LogP contribution in [-0.2, 0) is 26.2 Å². The highest BCUT2D eigenvalue weighted by molar-refractivity contribution is 5.69. The number of amides is 1. The zero-order valence-corrected chi connectivity index (χ0v) is 15.0. The molecule has 1 saturated heterocycles. The topological polar surface area (TPSA) is 48.0 Å².